The molecule has 7 heteroatoms. The van der Waals surface area contributed by atoms with Crippen molar-refractivity contribution in [3.05, 3.63) is 63.2 Å². The van der Waals surface area contributed by atoms with E-state index in [1.807, 2.05) is 29.2 Å². The van der Waals surface area contributed by atoms with Crippen LogP contribution in [0.25, 0.3) is 0 Å². The molecule has 0 saturated carbocycles. The third-order valence-corrected chi connectivity index (χ3v) is 5.28. The van der Waals surface area contributed by atoms with Crippen LogP contribution in [-0.4, -0.2) is 28.8 Å². The highest BCUT2D eigenvalue weighted by Gasteiger charge is 2.24. The van der Waals surface area contributed by atoms with E-state index < -0.39 is 0 Å². The second kappa shape index (κ2) is 7.26. The van der Waals surface area contributed by atoms with Crippen molar-refractivity contribution in [2.75, 3.05) is 23.7 Å². The van der Waals surface area contributed by atoms with Gasteiger partial charge in [0.05, 0.1) is 4.92 Å². The Morgan fingerprint density at radius 3 is 2.70 bits per heavy atom. The Labute approximate surface area is 157 Å². The summed E-state index contributed by atoms with van der Waals surface area (Å²) in [6.45, 7) is 2.66. The molecule has 2 N–H and O–H groups in total. The first-order chi connectivity index (χ1) is 13.1. The smallest absolute Gasteiger partial charge is 0.292 e. The van der Waals surface area contributed by atoms with Gasteiger partial charge < -0.3 is 15.5 Å². The molecule has 0 bridgehead atoms. The summed E-state index contributed by atoms with van der Waals surface area (Å²) in [6.07, 6.45) is 2.30. The molecule has 27 heavy (non-hydrogen) atoms. The van der Waals surface area contributed by atoms with Crippen LogP contribution < -0.4 is 10.6 Å². The van der Waals surface area contributed by atoms with Crippen LogP contribution in [0, 0.1) is 10.1 Å². The van der Waals surface area contributed by atoms with Crippen molar-refractivity contribution in [1.82, 2.24) is 4.90 Å². The van der Waals surface area contributed by atoms with Gasteiger partial charge in [-0.15, -0.1) is 0 Å². The van der Waals surface area contributed by atoms with Crippen LogP contribution >= 0.6 is 0 Å². The molecule has 7 nitrogen and oxygen atoms in total. The molecule has 2 heterocycles. The van der Waals surface area contributed by atoms with E-state index in [-0.39, 0.29) is 16.5 Å². The number of rotatable bonds is 6. The zero-order valence-electron chi connectivity index (χ0n) is 15.0. The first-order valence-electron chi connectivity index (χ1n) is 9.26. The van der Waals surface area contributed by atoms with E-state index in [1.165, 1.54) is 0 Å². The highest BCUT2D eigenvalue weighted by atomic mass is 16.6. The van der Waals surface area contributed by atoms with Crippen LogP contribution in [0.1, 0.15) is 29.5 Å². The van der Waals surface area contributed by atoms with Gasteiger partial charge in [-0.2, -0.15) is 0 Å². The van der Waals surface area contributed by atoms with Gasteiger partial charge in [0.1, 0.15) is 5.69 Å². The average Bonchev–Trinajstić information content (AvgIpc) is 3.29. The number of carbonyl (C=O) groups excluding carboxylic acids is 1. The third-order valence-electron chi connectivity index (χ3n) is 5.28. The van der Waals surface area contributed by atoms with Crippen molar-refractivity contribution < 1.29 is 9.72 Å². The lowest BCUT2D eigenvalue weighted by atomic mass is 10.1. The lowest BCUT2D eigenvalue weighted by Crippen LogP contribution is -2.24. The van der Waals surface area contributed by atoms with E-state index in [9.17, 15) is 14.9 Å². The van der Waals surface area contributed by atoms with Crippen LogP contribution in [0.4, 0.5) is 17.1 Å². The number of fused-ring (bicyclic) bond motifs is 1. The van der Waals surface area contributed by atoms with Crippen LogP contribution in [-0.2, 0) is 24.3 Å². The second-order valence-electron chi connectivity index (χ2n) is 6.96. The summed E-state index contributed by atoms with van der Waals surface area (Å²) in [7, 11) is 0. The number of hydrogen-bond acceptors (Lipinski definition) is 5. The van der Waals surface area contributed by atoms with E-state index in [1.54, 1.807) is 12.1 Å². The Morgan fingerprint density at radius 1 is 1.15 bits per heavy atom. The molecule has 0 aromatic heterocycles. The maximum atomic E-state index is 11.9. The molecule has 2 aromatic carbocycles. The molecule has 2 aliphatic rings. The van der Waals surface area contributed by atoms with Crippen molar-refractivity contribution in [2.45, 2.75) is 32.4 Å². The molecule has 0 unspecified atom stereocenters. The standard InChI is InChI=1S/C20H22N4O3/c25-19-6-3-11-23(19)13-15-5-2-1-4-14(15)12-22-20-16-9-10-21-17(16)7-8-18(20)24(26)27/h1-2,4-5,7-8,21-22H,3,6,9-13H2. The first kappa shape index (κ1) is 17.3. The van der Waals surface area contributed by atoms with Crippen molar-refractivity contribution in [2.24, 2.45) is 0 Å². The van der Waals surface area contributed by atoms with Gasteiger partial charge in [0.2, 0.25) is 5.91 Å². The number of hydrogen-bond donors (Lipinski definition) is 2. The van der Waals surface area contributed by atoms with Crippen molar-refractivity contribution in [1.29, 1.82) is 0 Å². The molecule has 1 amide bonds. The summed E-state index contributed by atoms with van der Waals surface area (Å²) in [5.41, 5.74) is 4.75. The van der Waals surface area contributed by atoms with E-state index in [2.05, 4.69) is 10.6 Å². The molecule has 4 rings (SSSR count). The average molecular weight is 366 g/mol. The molecular weight excluding hydrogens is 344 g/mol. The summed E-state index contributed by atoms with van der Waals surface area (Å²) >= 11 is 0. The molecule has 0 spiro atoms. The van der Waals surface area contributed by atoms with Gasteiger partial charge in [-0.3, -0.25) is 14.9 Å². The van der Waals surface area contributed by atoms with Crippen molar-refractivity contribution >= 4 is 23.0 Å². The summed E-state index contributed by atoms with van der Waals surface area (Å²) in [6, 6.07) is 11.3. The van der Waals surface area contributed by atoms with Gasteiger partial charge >= 0.3 is 0 Å². The molecule has 2 aromatic rings. The first-order valence-corrected chi connectivity index (χ1v) is 9.26. The Kier molecular flexibility index (Phi) is 4.66. The largest absolute Gasteiger partial charge is 0.384 e. The van der Waals surface area contributed by atoms with Crippen molar-refractivity contribution in [3.8, 4) is 0 Å². The summed E-state index contributed by atoms with van der Waals surface area (Å²) < 4.78 is 0. The van der Waals surface area contributed by atoms with Crippen molar-refractivity contribution in [3.63, 3.8) is 0 Å². The van der Waals surface area contributed by atoms with E-state index in [4.69, 9.17) is 0 Å². The molecule has 0 radical (unpaired) electrons. The highest BCUT2D eigenvalue weighted by Crippen LogP contribution is 2.37. The number of likely N-dealkylation sites (tertiary alicyclic amines) is 1. The second-order valence-corrected chi connectivity index (χ2v) is 6.96. The Balaban J connectivity index is 1.57. The predicted octanol–water partition coefficient (Wildman–Crippen LogP) is 3.30. The summed E-state index contributed by atoms with van der Waals surface area (Å²) in [4.78, 5) is 25.0. The predicted molar refractivity (Wildman–Crippen MR) is 104 cm³/mol. The third kappa shape index (κ3) is 3.45. The number of benzene rings is 2. The van der Waals surface area contributed by atoms with Gasteiger partial charge in [0, 0.05) is 49.9 Å². The number of nitrogens with one attached hydrogen (secondary N) is 2. The Hall–Kier alpha value is -3.09. The van der Waals surface area contributed by atoms with Gasteiger partial charge in [0.25, 0.3) is 5.69 Å². The molecule has 1 saturated heterocycles. The van der Waals surface area contributed by atoms with Crippen LogP contribution in [0.5, 0.6) is 0 Å². The SMILES string of the molecule is O=C1CCCN1Cc1ccccc1CNc1c([N+](=O)[O-])ccc2c1CCN2. The fourth-order valence-electron chi connectivity index (χ4n) is 3.88. The number of nitro groups is 1. The fourth-order valence-corrected chi connectivity index (χ4v) is 3.88. The number of nitrogens with zero attached hydrogens (tertiary/aromatic N) is 2. The Morgan fingerprint density at radius 2 is 1.96 bits per heavy atom. The van der Waals surface area contributed by atoms with Gasteiger partial charge in [-0.05, 0) is 30.0 Å². The summed E-state index contributed by atoms with van der Waals surface area (Å²) in [5.74, 6) is 0.195. The van der Waals surface area contributed by atoms with Gasteiger partial charge in [-0.1, -0.05) is 24.3 Å². The maximum absolute atomic E-state index is 11.9. The van der Waals surface area contributed by atoms with Crippen LogP contribution in [0.3, 0.4) is 0 Å². The molecule has 0 aliphatic carbocycles. The highest BCUT2D eigenvalue weighted by molar-refractivity contribution is 5.78. The monoisotopic (exact) mass is 366 g/mol. The minimum Gasteiger partial charge on any atom is -0.384 e. The number of anilines is 2. The maximum Gasteiger partial charge on any atom is 0.292 e. The number of amides is 1. The molecular formula is C20H22N4O3. The number of carbonyl (C=O) groups is 1. The lowest BCUT2D eigenvalue weighted by Gasteiger charge is -2.19. The van der Waals surface area contributed by atoms with E-state index in [0.29, 0.717) is 25.2 Å². The number of nitro benzene ring substituents is 1. The van der Waals surface area contributed by atoms with Gasteiger partial charge in [-0.25, -0.2) is 0 Å². The molecule has 1 fully saturated rings. The minimum absolute atomic E-state index is 0.102. The van der Waals surface area contributed by atoms with Crippen LogP contribution in [0.15, 0.2) is 36.4 Å². The topological polar surface area (TPSA) is 87.5 Å². The molecule has 140 valence electrons. The van der Waals surface area contributed by atoms with E-state index >= 15 is 0 Å². The molecule has 0 atom stereocenters. The lowest BCUT2D eigenvalue weighted by molar-refractivity contribution is -0.384. The normalized spacial score (nSPS) is 15.6. The van der Waals surface area contributed by atoms with Crippen LogP contribution in [0.2, 0.25) is 0 Å². The molecule has 2 aliphatic heterocycles. The fraction of sp³-hybridized carbons (Fsp3) is 0.350. The minimum atomic E-state index is -0.338. The quantitative estimate of drug-likeness (QED) is 0.605. The summed E-state index contributed by atoms with van der Waals surface area (Å²) in [5, 5.41) is 18.0. The van der Waals surface area contributed by atoms with E-state index in [0.717, 1.165) is 48.3 Å². The zero-order valence-corrected chi connectivity index (χ0v) is 15.0. The Bertz CT molecular complexity index is 897. The zero-order chi connectivity index (χ0) is 18.8. The van der Waals surface area contributed by atoms with Gasteiger partial charge in [0.15, 0.2) is 0 Å².